The topological polar surface area (TPSA) is 12.0 Å². The van der Waals surface area contributed by atoms with Crippen LogP contribution in [0.1, 0.15) is 47.0 Å². The zero-order chi connectivity index (χ0) is 11.5. The highest BCUT2D eigenvalue weighted by molar-refractivity contribution is 7.99. The minimum atomic E-state index is 0.566. The molecule has 0 saturated carbocycles. The van der Waals surface area contributed by atoms with Gasteiger partial charge in [-0.3, -0.25) is 0 Å². The van der Waals surface area contributed by atoms with Gasteiger partial charge in [0.15, 0.2) is 0 Å². The van der Waals surface area contributed by atoms with Crippen molar-refractivity contribution in [3.8, 4) is 11.8 Å². The highest BCUT2D eigenvalue weighted by atomic mass is 32.2. The minimum absolute atomic E-state index is 0.566. The summed E-state index contributed by atoms with van der Waals surface area (Å²) in [5.74, 6) is 7.33. The van der Waals surface area contributed by atoms with Gasteiger partial charge in [0, 0.05) is 23.5 Å². The third-order valence-corrected chi connectivity index (χ3v) is 3.86. The highest BCUT2D eigenvalue weighted by Gasteiger charge is 2.08. The maximum Gasteiger partial charge on any atom is 0.0267 e. The van der Waals surface area contributed by atoms with Crippen molar-refractivity contribution in [3.05, 3.63) is 0 Å². The van der Waals surface area contributed by atoms with E-state index in [2.05, 4.69) is 49.7 Å². The maximum absolute atomic E-state index is 3.56. The summed E-state index contributed by atoms with van der Waals surface area (Å²) in [6.45, 7) is 9.78. The second-order valence-corrected chi connectivity index (χ2v) is 5.31. The molecule has 88 valence electrons. The largest absolute Gasteiger partial charge is 0.312 e. The van der Waals surface area contributed by atoms with Crippen LogP contribution in [0, 0.1) is 11.8 Å². The van der Waals surface area contributed by atoms with Crippen LogP contribution in [0.15, 0.2) is 0 Å². The van der Waals surface area contributed by atoms with E-state index in [0.717, 1.165) is 18.2 Å². The first kappa shape index (κ1) is 14.9. The summed E-state index contributed by atoms with van der Waals surface area (Å²) in [6, 6.07) is 0.566. The Morgan fingerprint density at radius 1 is 1.33 bits per heavy atom. The van der Waals surface area contributed by atoms with Crippen molar-refractivity contribution in [3.63, 3.8) is 0 Å². The summed E-state index contributed by atoms with van der Waals surface area (Å²) >= 11 is 2.06. The Hall–Kier alpha value is -0.130. The molecule has 1 nitrogen and oxygen atoms in total. The van der Waals surface area contributed by atoms with Gasteiger partial charge in [0.2, 0.25) is 0 Å². The lowest BCUT2D eigenvalue weighted by atomic mass is 10.2. The molecule has 0 fully saturated rings. The Morgan fingerprint density at radius 3 is 2.60 bits per heavy atom. The molecule has 0 radical (unpaired) electrons. The van der Waals surface area contributed by atoms with Gasteiger partial charge in [0.1, 0.15) is 0 Å². The summed E-state index contributed by atoms with van der Waals surface area (Å²) in [7, 11) is 0. The van der Waals surface area contributed by atoms with E-state index < -0.39 is 0 Å². The van der Waals surface area contributed by atoms with Gasteiger partial charge in [-0.25, -0.2) is 0 Å². The summed E-state index contributed by atoms with van der Waals surface area (Å²) in [5.41, 5.74) is 0. The van der Waals surface area contributed by atoms with Gasteiger partial charge in [-0.15, -0.1) is 11.8 Å². The molecule has 2 heteroatoms. The minimum Gasteiger partial charge on any atom is -0.312 e. The quantitative estimate of drug-likeness (QED) is 0.639. The second kappa shape index (κ2) is 10.4. The van der Waals surface area contributed by atoms with Gasteiger partial charge < -0.3 is 5.32 Å². The van der Waals surface area contributed by atoms with E-state index in [1.165, 1.54) is 18.6 Å². The molecule has 0 bridgehead atoms. The molecule has 0 aromatic rings. The van der Waals surface area contributed by atoms with Crippen LogP contribution in [-0.4, -0.2) is 23.6 Å². The van der Waals surface area contributed by atoms with Crippen molar-refractivity contribution in [2.45, 2.75) is 58.2 Å². The fourth-order valence-corrected chi connectivity index (χ4v) is 2.19. The molecule has 0 aliphatic rings. The lowest BCUT2D eigenvalue weighted by Crippen LogP contribution is -2.32. The lowest BCUT2D eigenvalue weighted by molar-refractivity contribution is 0.562. The third kappa shape index (κ3) is 8.84. The van der Waals surface area contributed by atoms with Crippen molar-refractivity contribution >= 4 is 11.8 Å². The average molecular weight is 227 g/mol. The van der Waals surface area contributed by atoms with Crippen LogP contribution in [0.25, 0.3) is 0 Å². The van der Waals surface area contributed by atoms with Crippen LogP contribution in [0.5, 0.6) is 0 Å². The third-order valence-electron chi connectivity index (χ3n) is 2.37. The SMILES string of the molecule is CC#CCC(CSC(C)CC)NCCC. The first-order chi connectivity index (χ1) is 7.24. The molecule has 2 unspecified atom stereocenters. The zero-order valence-corrected chi connectivity index (χ0v) is 11.4. The Kier molecular flexibility index (Phi) is 10.3. The molecule has 0 saturated heterocycles. The van der Waals surface area contributed by atoms with E-state index in [9.17, 15) is 0 Å². The van der Waals surface area contributed by atoms with Gasteiger partial charge in [0.25, 0.3) is 0 Å². The van der Waals surface area contributed by atoms with Crippen LogP contribution in [0.3, 0.4) is 0 Å². The van der Waals surface area contributed by atoms with Crippen LogP contribution in [0.2, 0.25) is 0 Å². The van der Waals surface area contributed by atoms with Crippen LogP contribution < -0.4 is 5.32 Å². The molecule has 0 amide bonds. The first-order valence-electron chi connectivity index (χ1n) is 5.99. The molecule has 0 aliphatic carbocycles. The number of hydrogen-bond acceptors (Lipinski definition) is 2. The predicted molar refractivity (Wildman–Crippen MR) is 72.4 cm³/mol. The van der Waals surface area contributed by atoms with E-state index >= 15 is 0 Å². The van der Waals surface area contributed by atoms with E-state index in [0.29, 0.717) is 6.04 Å². The first-order valence-corrected chi connectivity index (χ1v) is 7.04. The standard InChI is InChI=1S/C13H25NS/c1-5-8-9-13(14-10-6-2)11-15-12(4)7-3/h12-14H,6-7,9-11H2,1-4H3. The van der Waals surface area contributed by atoms with Crippen molar-refractivity contribution in [2.75, 3.05) is 12.3 Å². The molecule has 0 rings (SSSR count). The molecule has 0 spiro atoms. The van der Waals surface area contributed by atoms with Gasteiger partial charge >= 0.3 is 0 Å². The molecule has 1 N–H and O–H groups in total. The van der Waals surface area contributed by atoms with Crippen LogP contribution in [-0.2, 0) is 0 Å². The van der Waals surface area contributed by atoms with Gasteiger partial charge in [-0.1, -0.05) is 20.8 Å². The number of thioether (sulfide) groups is 1. The number of hydrogen-bond donors (Lipinski definition) is 1. The van der Waals surface area contributed by atoms with Crippen molar-refractivity contribution in [1.29, 1.82) is 0 Å². The zero-order valence-electron chi connectivity index (χ0n) is 10.6. The Labute approximate surface area is 99.8 Å². The summed E-state index contributed by atoms with van der Waals surface area (Å²) < 4.78 is 0. The molecule has 15 heavy (non-hydrogen) atoms. The average Bonchev–Trinajstić information content (AvgIpc) is 2.27. The molecule has 0 aromatic heterocycles. The second-order valence-electron chi connectivity index (χ2n) is 3.83. The van der Waals surface area contributed by atoms with E-state index in [4.69, 9.17) is 0 Å². The van der Waals surface area contributed by atoms with Crippen molar-refractivity contribution < 1.29 is 0 Å². The predicted octanol–water partition coefficient (Wildman–Crippen LogP) is 3.30. The molecule has 0 aliphatic heterocycles. The fourth-order valence-electron chi connectivity index (χ4n) is 1.16. The summed E-state index contributed by atoms with van der Waals surface area (Å²) in [4.78, 5) is 0. The lowest BCUT2D eigenvalue weighted by Gasteiger charge is -2.17. The molecular weight excluding hydrogens is 202 g/mol. The highest BCUT2D eigenvalue weighted by Crippen LogP contribution is 2.15. The molecule has 2 atom stereocenters. The van der Waals surface area contributed by atoms with Crippen LogP contribution in [0.4, 0.5) is 0 Å². The Morgan fingerprint density at radius 2 is 2.07 bits per heavy atom. The van der Waals surface area contributed by atoms with Crippen molar-refractivity contribution in [1.82, 2.24) is 5.32 Å². The van der Waals surface area contributed by atoms with Gasteiger partial charge in [0.05, 0.1) is 0 Å². The van der Waals surface area contributed by atoms with Gasteiger partial charge in [-0.05, 0) is 26.3 Å². The monoisotopic (exact) mass is 227 g/mol. The molecule has 0 heterocycles. The van der Waals surface area contributed by atoms with E-state index in [1.54, 1.807) is 0 Å². The number of nitrogens with one attached hydrogen (secondary N) is 1. The maximum atomic E-state index is 3.56. The normalized spacial score (nSPS) is 14.1. The molecule has 0 aromatic carbocycles. The van der Waals surface area contributed by atoms with E-state index in [1.807, 2.05) is 6.92 Å². The summed E-state index contributed by atoms with van der Waals surface area (Å²) in [6.07, 6.45) is 3.44. The van der Waals surface area contributed by atoms with Crippen molar-refractivity contribution in [2.24, 2.45) is 0 Å². The Bertz CT molecular complexity index is 192. The van der Waals surface area contributed by atoms with E-state index in [-0.39, 0.29) is 0 Å². The Balaban J connectivity index is 3.81. The molecular formula is C13H25NS. The fraction of sp³-hybridized carbons (Fsp3) is 0.846. The smallest absolute Gasteiger partial charge is 0.0267 e. The van der Waals surface area contributed by atoms with Crippen LogP contribution >= 0.6 is 11.8 Å². The summed E-state index contributed by atoms with van der Waals surface area (Å²) in [5, 5.41) is 4.33. The number of rotatable bonds is 8. The van der Waals surface area contributed by atoms with Gasteiger partial charge in [-0.2, -0.15) is 11.8 Å².